The van der Waals surface area contributed by atoms with Crippen molar-refractivity contribution < 1.29 is 22.6 Å². The van der Waals surface area contributed by atoms with Gasteiger partial charge in [0.05, 0.1) is 14.2 Å². The third-order valence-electron chi connectivity index (χ3n) is 5.04. The number of ether oxygens (including phenoxy) is 3. The van der Waals surface area contributed by atoms with Crippen LogP contribution < -0.4 is 14.2 Å². The SMILES string of the molecule is COc1ccc(OC)c(S(=O)(=O)N2CCC(Oc3ccc(-n4cccn4)nn3)CC2)c1. The molecule has 0 bridgehead atoms. The van der Waals surface area contributed by atoms with E-state index >= 15 is 0 Å². The van der Waals surface area contributed by atoms with Crippen LogP contribution in [0.4, 0.5) is 0 Å². The molecule has 1 aromatic carbocycles. The van der Waals surface area contributed by atoms with Crippen LogP contribution >= 0.6 is 0 Å². The topological polar surface area (TPSA) is 109 Å². The van der Waals surface area contributed by atoms with Gasteiger partial charge in [-0.15, -0.1) is 10.2 Å². The van der Waals surface area contributed by atoms with Crippen molar-refractivity contribution in [1.82, 2.24) is 24.3 Å². The molecule has 0 saturated carbocycles. The predicted octanol–water partition coefficient (Wildman–Crippen LogP) is 1.91. The summed E-state index contributed by atoms with van der Waals surface area (Å²) >= 11 is 0. The molecule has 1 aliphatic rings. The average Bonchev–Trinajstić information content (AvgIpc) is 3.34. The van der Waals surface area contributed by atoms with Crippen molar-refractivity contribution in [2.75, 3.05) is 27.3 Å². The Bertz CT molecular complexity index is 1110. The Balaban J connectivity index is 1.40. The van der Waals surface area contributed by atoms with Gasteiger partial charge in [0.2, 0.25) is 15.9 Å². The monoisotopic (exact) mass is 445 g/mol. The summed E-state index contributed by atoms with van der Waals surface area (Å²) in [5.41, 5.74) is 0. The van der Waals surface area contributed by atoms with Crippen molar-refractivity contribution >= 4 is 10.0 Å². The van der Waals surface area contributed by atoms with Gasteiger partial charge in [-0.2, -0.15) is 9.40 Å². The van der Waals surface area contributed by atoms with E-state index in [4.69, 9.17) is 14.2 Å². The molecule has 3 heterocycles. The number of sulfonamides is 1. The highest BCUT2D eigenvalue weighted by Gasteiger charge is 2.32. The predicted molar refractivity (Wildman–Crippen MR) is 111 cm³/mol. The molecule has 0 spiro atoms. The molecule has 1 aliphatic heterocycles. The first-order chi connectivity index (χ1) is 15.0. The van der Waals surface area contributed by atoms with Crippen LogP contribution in [0.15, 0.2) is 53.7 Å². The molecule has 2 aromatic heterocycles. The molecule has 0 atom stereocenters. The maximum atomic E-state index is 13.2. The van der Waals surface area contributed by atoms with Crippen molar-refractivity contribution in [2.24, 2.45) is 0 Å². The average molecular weight is 446 g/mol. The first kappa shape index (κ1) is 21.1. The van der Waals surface area contributed by atoms with E-state index in [1.807, 2.05) is 0 Å². The van der Waals surface area contributed by atoms with E-state index in [1.165, 1.54) is 24.6 Å². The van der Waals surface area contributed by atoms with Crippen molar-refractivity contribution in [3.05, 3.63) is 48.8 Å². The van der Waals surface area contributed by atoms with Crippen LogP contribution in [0.5, 0.6) is 17.4 Å². The molecule has 0 N–H and O–H groups in total. The van der Waals surface area contributed by atoms with Gasteiger partial charge in [-0.05, 0) is 37.1 Å². The zero-order valence-electron chi connectivity index (χ0n) is 17.2. The van der Waals surface area contributed by atoms with E-state index in [0.29, 0.717) is 43.4 Å². The second-order valence-electron chi connectivity index (χ2n) is 6.92. The minimum atomic E-state index is -3.73. The van der Waals surface area contributed by atoms with Crippen molar-refractivity contribution in [3.8, 4) is 23.2 Å². The van der Waals surface area contributed by atoms with Gasteiger partial charge in [0.15, 0.2) is 5.82 Å². The molecule has 1 saturated heterocycles. The minimum absolute atomic E-state index is 0.0915. The van der Waals surface area contributed by atoms with Crippen LogP contribution in [0.2, 0.25) is 0 Å². The van der Waals surface area contributed by atoms with Gasteiger partial charge < -0.3 is 14.2 Å². The standard InChI is InChI=1S/C20H23N5O5S/c1-28-16-4-5-17(29-2)18(14-16)31(26,27)24-12-8-15(9-13-24)30-20-7-6-19(22-23-20)25-11-3-10-21-25/h3-7,10-11,14-15H,8-9,12-13H2,1-2H3. The molecule has 3 aromatic rings. The molecule has 0 unspecified atom stereocenters. The van der Waals surface area contributed by atoms with Gasteiger partial charge in [0.1, 0.15) is 22.5 Å². The fourth-order valence-electron chi connectivity index (χ4n) is 3.39. The third kappa shape index (κ3) is 4.47. The number of methoxy groups -OCH3 is 2. The van der Waals surface area contributed by atoms with Crippen LogP contribution in [0.1, 0.15) is 12.8 Å². The molecule has 0 amide bonds. The highest BCUT2D eigenvalue weighted by Crippen LogP contribution is 2.32. The fraction of sp³-hybridized carbons (Fsp3) is 0.350. The van der Waals surface area contributed by atoms with Crippen LogP contribution in [0.3, 0.4) is 0 Å². The Morgan fingerprint density at radius 2 is 1.84 bits per heavy atom. The first-order valence-corrected chi connectivity index (χ1v) is 11.2. The maximum absolute atomic E-state index is 13.2. The molecule has 4 rings (SSSR count). The van der Waals surface area contributed by atoms with E-state index < -0.39 is 10.0 Å². The minimum Gasteiger partial charge on any atom is -0.497 e. The lowest BCUT2D eigenvalue weighted by Crippen LogP contribution is -2.41. The second kappa shape index (κ2) is 8.90. The number of hydrogen-bond acceptors (Lipinski definition) is 8. The molecule has 31 heavy (non-hydrogen) atoms. The van der Waals surface area contributed by atoms with E-state index in [2.05, 4.69) is 15.3 Å². The number of nitrogens with zero attached hydrogens (tertiary/aromatic N) is 5. The summed E-state index contributed by atoms with van der Waals surface area (Å²) in [4.78, 5) is 0.0915. The van der Waals surface area contributed by atoms with Gasteiger partial charge >= 0.3 is 0 Å². The van der Waals surface area contributed by atoms with Crippen LogP contribution in [0.25, 0.3) is 5.82 Å². The summed E-state index contributed by atoms with van der Waals surface area (Å²) in [5.74, 6) is 1.72. The lowest BCUT2D eigenvalue weighted by molar-refractivity contribution is 0.128. The summed E-state index contributed by atoms with van der Waals surface area (Å²) in [6.07, 6.45) is 4.36. The fourth-order valence-corrected chi connectivity index (χ4v) is 5.03. The van der Waals surface area contributed by atoms with Gasteiger partial charge in [-0.25, -0.2) is 13.1 Å². The first-order valence-electron chi connectivity index (χ1n) is 9.74. The highest BCUT2D eigenvalue weighted by molar-refractivity contribution is 7.89. The van der Waals surface area contributed by atoms with E-state index in [9.17, 15) is 8.42 Å². The quantitative estimate of drug-likeness (QED) is 0.543. The smallest absolute Gasteiger partial charge is 0.246 e. The van der Waals surface area contributed by atoms with E-state index in [1.54, 1.807) is 47.4 Å². The Morgan fingerprint density at radius 3 is 2.45 bits per heavy atom. The normalized spacial score (nSPS) is 15.5. The van der Waals surface area contributed by atoms with Crippen molar-refractivity contribution in [3.63, 3.8) is 0 Å². The summed E-state index contributed by atoms with van der Waals surface area (Å²) in [5, 5.41) is 12.3. The van der Waals surface area contributed by atoms with Gasteiger partial charge in [0.25, 0.3) is 0 Å². The lowest BCUT2D eigenvalue weighted by atomic mass is 10.1. The molecular formula is C20H23N5O5S. The second-order valence-corrected chi connectivity index (χ2v) is 8.82. The van der Waals surface area contributed by atoms with Crippen LogP contribution in [-0.2, 0) is 10.0 Å². The molecule has 11 heteroatoms. The number of rotatable bonds is 7. The van der Waals surface area contributed by atoms with Crippen molar-refractivity contribution in [2.45, 2.75) is 23.8 Å². The largest absolute Gasteiger partial charge is 0.497 e. The zero-order chi connectivity index (χ0) is 21.8. The summed E-state index contributed by atoms with van der Waals surface area (Å²) in [7, 11) is -0.794. The Kier molecular flexibility index (Phi) is 6.05. The molecule has 0 aliphatic carbocycles. The highest BCUT2D eigenvalue weighted by atomic mass is 32.2. The van der Waals surface area contributed by atoms with E-state index in [-0.39, 0.29) is 16.7 Å². The number of benzene rings is 1. The molecule has 1 fully saturated rings. The van der Waals surface area contributed by atoms with E-state index in [0.717, 1.165) is 0 Å². The van der Waals surface area contributed by atoms with Gasteiger partial charge in [-0.1, -0.05) is 0 Å². The molecular weight excluding hydrogens is 422 g/mol. The molecule has 0 radical (unpaired) electrons. The Labute approximate surface area is 180 Å². The summed E-state index contributed by atoms with van der Waals surface area (Å²) in [6, 6.07) is 10.0. The molecule has 10 nitrogen and oxygen atoms in total. The number of piperidine rings is 1. The van der Waals surface area contributed by atoms with Crippen LogP contribution in [-0.4, -0.2) is 66.1 Å². The Hall–Kier alpha value is -3.18. The van der Waals surface area contributed by atoms with Gasteiger partial charge in [-0.3, -0.25) is 0 Å². The number of aromatic nitrogens is 4. The molecule has 164 valence electrons. The third-order valence-corrected chi connectivity index (χ3v) is 6.96. The van der Waals surface area contributed by atoms with Crippen LogP contribution in [0, 0.1) is 0 Å². The van der Waals surface area contributed by atoms with Gasteiger partial charge in [0, 0.05) is 37.6 Å². The van der Waals surface area contributed by atoms with Crippen molar-refractivity contribution in [1.29, 1.82) is 0 Å². The Morgan fingerprint density at radius 1 is 1.03 bits per heavy atom. The number of hydrogen-bond donors (Lipinski definition) is 0. The zero-order valence-corrected chi connectivity index (χ0v) is 18.0. The summed E-state index contributed by atoms with van der Waals surface area (Å²) < 4.78 is 45.7. The maximum Gasteiger partial charge on any atom is 0.246 e. The lowest BCUT2D eigenvalue weighted by Gasteiger charge is -2.31. The summed E-state index contributed by atoms with van der Waals surface area (Å²) in [6.45, 7) is 0.651.